The van der Waals surface area contributed by atoms with Crippen LogP contribution in [0.25, 0.3) is 0 Å². The van der Waals surface area contributed by atoms with Crippen LogP contribution in [0, 0.1) is 0 Å². The largest absolute Gasteiger partial charge is 0.386 e. The molecule has 0 radical (unpaired) electrons. The van der Waals surface area contributed by atoms with Crippen LogP contribution in [0.2, 0.25) is 0 Å². The van der Waals surface area contributed by atoms with Crippen LogP contribution in [0.4, 0.5) is 0 Å². The highest BCUT2D eigenvalue weighted by Crippen LogP contribution is 2.19. The molecule has 17 heavy (non-hydrogen) atoms. The highest BCUT2D eigenvalue weighted by Gasteiger charge is 2.10. The number of nitrogens with one attached hydrogen (secondary N) is 1. The van der Waals surface area contributed by atoms with Gasteiger partial charge in [-0.2, -0.15) is 0 Å². The molecule has 0 saturated heterocycles. The van der Waals surface area contributed by atoms with E-state index in [0.717, 1.165) is 4.88 Å². The smallest absolute Gasteiger partial charge is 0.101 e. The van der Waals surface area contributed by atoms with Crippen molar-refractivity contribution in [2.24, 2.45) is 0 Å². The van der Waals surface area contributed by atoms with Crippen LogP contribution >= 0.6 is 11.3 Å². The SMILES string of the molecule is C[C@@H](NCC(O)c1cccs1)c1ccccc1. The van der Waals surface area contributed by atoms with E-state index in [1.165, 1.54) is 5.56 Å². The van der Waals surface area contributed by atoms with Crippen LogP contribution < -0.4 is 5.32 Å². The van der Waals surface area contributed by atoms with E-state index in [0.29, 0.717) is 6.54 Å². The van der Waals surface area contributed by atoms with Crippen LogP contribution in [0.5, 0.6) is 0 Å². The van der Waals surface area contributed by atoms with E-state index in [2.05, 4.69) is 24.4 Å². The normalized spacial score (nSPS) is 14.5. The van der Waals surface area contributed by atoms with Gasteiger partial charge in [-0.05, 0) is 23.9 Å². The molecule has 0 amide bonds. The third kappa shape index (κ3) is 3.40. The molecule has 1 aromatic carbocycles. The molecule has 0 aliphatic rings. The van der Waals surface area contributed by atoms with E-state index >= 15 is 0 Å². The average Bonchev–Trinajstić information content (AvgIpc) is 2.90. The molecule has 2 rings (SSSR count). The summed E-state index contributed by atoms with van der Waals surface area (Å²) in [5.74, 6) is 0. The van der Waals surface area contributed by atoms with Crippen molar-refractivity contribution in [2.45, 2.75) is 19.1 Å². The first-order valence-electron chi connectivity index (χ1n) is 5.77. The average molecular weight is 247 g/mol. The van der Waals surface area contributed by atoms with Crippen molar-refractivity contribution in [3.05, 3.63) is 58.3 Å². The molecule has 1 heterocycles. The van der Waals surface area contributed by atoms with Crippen molar-refractivity contribution in [3.63, 3.8) is 0 Å². The third-order valence-corrected chi connectivity index (χ3v) is 3.76. The number of rotatable bonds is 5. The lowest BCUT2D eigenvalue weighted by Gasteiger charge is -2.16. The minimum atomic E-state index is -0.416. The summed E-state index contributed by atoms with van der Waals surface area (Å²) in [6, 6.07) is 14.4. The van der Waals surface area contributed by atoms with E-state index in [1.54, 1.807) is 11.3 Å². The number of hydrogen-bond donors (Lipinski definition) is 2. The maximum atomic E-state index is 9.95. The van der Waals surface area contributed by atoms with Gasteiger partial charge in [0.25, 0.3) is 0 Å². The number of thiophene rings is 1. The number of aliphatic hydroxyl groups is 1. The Morgan fingerprint density at radius 3 is 2.59 bits per heavy atom. The number of benzene rings is 1. The molecule has 2 atom stereocenters. The lowest BCUT2D eigenvalue weighted by atomic mass is 10.1. The second-order valence-corrected chi connectivity index (χ2v) is 5.05. The standard InChI is InChI=1S/C14H17NOS/c1-11(12-6-3-2-4-7-12)15-10-13(16)14-8-5-9-17-14/h2-9,11,13,15-16H,10H2,1H3/t11-,13?/m1/s1. The number of aliphatic hydroxyl groups excluding tert-OH is 1. The Morgan fingerprint density at radius 1 is 1.18 bits per heavy atom. The Balaban J connectivity index is 1.86. The van der Waals surface area contributed by atoms with Crippen molar-refractivity contribution >= 4 is 11.3 Å². The zero-order valence-corrected chi connectivity index (χ0v) is 10.7. The summed E-state index contributed by atoms with van der Waals surface area (Å²) in [5, 5.41) is 15.3. The maximum Gasteiger partial charge on any atom is 0.101 e. The molecule has 2 nitrogen and oxygen atoms in total. The second kappa shape index (κ2) is 5.96. The van der Waals surface area contributed by atoms with Crippen molar-refractivity contribution < 1.29 is 5.11 Å². The summed E-state index contributed by atoms with van der Waals surface area (Å²) in [5.41, 5.74) is 1.24. The fourth-order valence-electron chi connectivity index (χ4n) is 1.73. The van der Waals surface area contributed by atoms with Gasteiger partial charge in [0.05, 0.1) is 0 Å². The van der Waals surface area contributed by atoms with Crippen LogP contribution in [-0.4, -0.2) is 11.7 Å². The lowest BCUT2D eigenvalue weighted by Crippen LogP contribution is -2.24. The molecule has 90 valence electrons. The third-order valence-electron chi connectivity index (χ3n) is 2.79. The van der Waals surface area contributed by atoms with Crippen LogP contribution in [0.3, 0.4) is 0 Å². The summed E-state index contributed by atoms with van der Waals surface area (Å²) >= 11 is 1.59. The molecule has 1 unspecified atom stereocenters. The highest BCUT2D eigenvalue weighted by atomic mass is 32.1. The summed E-state index contributed by atoms with van der Waals surface area (Å²) in [4.78, 5) is 1.01. The fourth-order valence-corrected chi connectivity index (χ4v) is 2.44. The monoisotopic (exact) mass is 247 g/mol. The molecule has 0 saturated carbocycles. The summed E-state index contributed by atoms with van der Waals surface area (Å²) in [7, 11) is 0. The van der Waals surface area contributed by atoms with Gasteiger partial charge in [-0.1, -0.05) is 36.4 Å². The van der Waals surface area contributed by atoms with Crippen LogP contribution in [0.1, 0.15) is 29.5 Å². The van der Waals surface area contributed by atoms with Crippen molar-refractivity contribution in [1.82, 2.24) is 5.32 Å². The van der Waals surface area contributed by atoms with E-state index in [4.69, 9.17) is 0 Å². The quantitative estimate of drug-likeness (QED) is 0.850. The van der Waals surface area contributed by atoms with E-state index in [-0.39, 0.29) is 6.04 Å². The van der Waals surface area contributed by atoms with E-state index in [9.17, 15) is 5.11 Å². The molecule has 0 aliphatic heterocycles. The topological polar surface area (TPSA) is 32.3 Å². The Morgan fingerprint density at radius 2 is 1.94 bits per heavy atom. The predicted octanol–water partition coefficient (Wildman–Crippen LogP) is 3.13. The molecule has 0 spiro atoms. The molecule has 1 aromatic heterocycles. The molecule has 2 aromatic rings. The van der Waals surface area contributed by atoms with Gasteiger partial charge >= 0.3 is 0 Å². The van der Waals surface area contributed by atoms with Crippen LogP contribution in [-0.2, 0) is 0 Å². The zero-order chi connectivity index (χ0) is 12.1. The van der Waals surface area contributed by atoms with Crippen molar-refractivity contribution in [3.8, 4) is 0 Å². The Kier molecular flexibility index (Phi) is 4.31. The first kappa shape index (κ1) is 12.3. The molecule has 0 aliphatic carbocycles. The molecule has 3 heteroatoms. The van der Waals surface area contributed by atoms with Gasteiger partial charge in [-0.3, -0.25) is 0 Å². The zero-order valence-electron chi connectivity index (χ0n) is 9.84. The molecule has 2 N–H and O–H groups in total. The Labute approximate surface area is 106 Å². The van der Waals surface area contributed by atoms with Crippen LogP contribution in [0.15, 0.2) is 47.8 Å². The summed E-state index contributed by atoms with van der Waals surface area (Å²) < 4.78 is 0. The van der Waals surface area contributed by atoms with Gasteiger partial charge in [-0.15, -0.1) is 11.3 Å². The first-order chi connectivity index (χ1) is 8.27. The Hall–Kier alpha value is -1.16. The minimum Gasteiger partial charge on any atom is -0.386 e. The molecular formula is C14H17NOS. The minimum absolute atomic E-state index is 0.255. The van der Waals surface area contributed by atoms with E-state index < -0.39 is 6.10 Å². The maximum absolute atomic E-state index is 9.95. The lowest BCUT2D eigenvalue weighted by molar-refractivity contribution is 0.174. The van der Waals surface area contributed by atoms with E-state index in [1.807, 2.05) is 35.7 Å². The van der Waals surface area contributed by atoms with Gasteiger partial charge in [-0.25, -0.2) is 0 Å². The van der Waals surface area contributed by atoms with Gasteiger partial charge in [0.15, 0.2) is 0 Å². The first-order valence-corrected chi connectivity index (χ1v) is 6.65. The molecule has 0 fully saturated rings. The van der Waals surface area contributed by atoms with Gasteiger partial charge < -0.3 is 10.4 Å². The molecule has 0 bridgehead atoms. The van der Waals surface area contributed by atoms with Gasteiger partial charge in [0.1, 0.15) is 6.10 Å². The van der Waals surface area contributed by atoms with Crippen molar-refractivity contribution in [2.75, 3.05) is 6.54 Å². The predicted molar refractivity (Wildman–Crippen MR) is 72.1 cm³/mol. The Bertz CT molecular complexity index is 427. The summed E-state index contributed by atoms with van der Waals surface area (Å²) in [6.07, 6.45) is -0.416. The number of hydrogen-bond acceptors (Lipinski definition) is 3. The van der Waals surface area contributed by atoms with Gasteiger partial charge in [0, 0.05) is 17.5 Å². The summed E-state index contributed by atoms with van der Waals surface area (Å²) in [6.45, 7) is 2.69. The van der Waals surface area contributed by atoms with Crippen molar-refractivity contribution in [1.29, 1.82) is 0 Å². The molecular weight excluding hydrogens is 230 g/mol. The second-order valence-electron chi connectivity index (χ2n) is 4.07. The fraction of sp³-hybridized carbons (Fsp3) is 0.286. The highest BCUT2D eigenvalue weighted by molar-refractivity contribution is 7.10. The van der Waals surface area contributed by atoms with Gasteiger partial charge in [0.2, 0.25) is 0 Å².